The molecule has 9 heteroatoms. The number of rotatable bonds is 12. The van der Waals surface area contributed by atoms with Gasteiger partial charge in [0.05, 0.1) is 0 Å². The van der Waals surface area contributed by atoms with Crippen LogP contribution in [0.5, 0.6) is 0 Å². The summed E-state index contributed by atoms with van der Waals surface area (Å²) in [5.74, 6) is -2.57. The zero-order valence-electron chi connectivity index (χ0n) is 23.0. The van der Waals surface area contributed by atoms with Crippen LogP contribution in [0.25, 0.3) is 22.3 Å². The Kier molecular flexibility index (Phi) is 8.90. The maximum atomic E-state index is 13.8. The molecule has 4 aromatic carbocycles. The molecule has 1 aromatic heterocycles. The van der Waals surface area contributed by atoms with E-state index in [0.717, 1.165) is 40.3 Å². The number of anilines is 2. The third kappa shape index (κ3) is 7.71. The van der Waals surface area contributed by atoms with E-state index in [0.29, 0.717) is 17.0 Å². The highest BCUT2D eigenvalue weighted by atomic mass is 19.1. The molecule has 43 heavy (non-hydrogen) atoms. The van der Waals surface area contributed by atoms with Gasteiger partial charge in [0.1, 0.15) is 29.0 Å². The van der Waals surface area contributed by atoms with Crippen molar-refractivity contribution in [1.29, 1.82) is 0 Å². The number of aliphatic carboxylic acids is 1. The average Bonchev–Trinajstić information content (AvgIpc) is 3.41. The standard InChI is InChI=1S/C34H28F2N2O5/c35-25-18-26(36)20-28(19-25)38-34(42)29(37-27-14-12-22(13-15-27)30(39)5-3-7-33(40)41)16-21-8-10-23(11-9-21)32-17-24-4-1-2-6-31(24)43-32/h1-2,4,6,8-15,17-20,29,37H,3,5,7,16H2,(H,38,42)(H,40,41)/t29-/m1/s1. The molecule has 0 aliphatic carbocycles. The highest BCUT2D eigenvalue weighted by Crippen LogP contribution is 2.28. The molecule has 0 fully saturated rings. The largest absolute Gasteiger partial charge is 0.481 e. The van der Waals surface area contributed by atoms with Crippen LogP contribution in [0, 0.1) is 11.6 Å². The number of carbonyl (C=O) groups excluding carboxylic acids is 2. The normalized spacial score (nSPS) is 11.7. The number of benzene rings is 4. The average molecular weight is 583 g/mol. The fourth-order valence-corrected chi connectivity index (χ4v) is 4.73. The van der Waals surface area contributed by atoms with Crippen LogP contribution in [0.1, 0.15) is 35.2 Å². The van der Waals surface area contributed by atoms with Gasteiger partial charge in [0.2, 0.25) is 5.91 Å². The second-order valence-corrected chi connectivity index (χ2v) is 10.1. The van der Waals surface area contributed by atoms with E-state index in [9.17, 15) is 23.2 Å². The lowest BCUT2D eigenvalue weighted by Crippen LogP contribution is -2.36. The minimum absolute atomic E-state index is 0.0168. The number of Topliss-reactive ketones (excluding diaryl/α,β-unsaturated/α-hetero) is 1. The molecule has 0 bridgehead atoms. The van der Waals surface area contributed by atoms with Crippen LogP contribution in [-0.4, -0.2) is 28.8 Å². The van der Waals surface area contributed by atoms with E-state index in [1.54, 1.807) is 24.3 Å². The third-order valence-electron chi connectivity index (χ3n) is 6.89. The number of para-hydroxylation sites is 1. The monoisotopic (exact) mass is 582 g/mol. The third-order valence-corrected chi connectivity index (χ3v) is 6.89. The zero-order valence-corrected chi connectivity index (χ0v) is 23.0. The summed E-state index contributed by atoms with van der Waals surface area (Å²) >= 11 is 0. The van der Waals surface area contributed by atoms with Crippen molar-refractivity contribution < 1.29 is 32.7 Å². The van der Waals surface area contributed by atoms with Gasteiger partial charge in [-0.05, 0) is 60.5 Å². The van der Waals surface area contributed by atoms with Crippen LogP contribution >= 0.6 is 0 Å². The van der Waals surface area contributed by atoms with Gasteiger partial charge in [0, 0.05) is 53.2 Å². The summed E-state index contributed by atoms with van der Waals surface area (Å²) in [4.78, 5) is 36.5. The Morgan fingerprint density at radius 1 is 0.791 bits per heavy atom. The SMILES string of the molecule is O=C(O)CCCC(=O)c1ccc(N[C@H](Cc2ccc(-c3cc4ccccc4o3)cc2)C(=O)Nc2cc(F)cc(F)c2)cc1. The van der Waals surface area contributed by atoms with Gasteiger partial charge in [-0.1, -0.05) is 42.5 Å². The molecule has 0 radical (unpaired) electrons. The number of carbonyl (C=O) groups is 3. The van der Waals surface area contributed by atoms with Crippen molar-refractivity contribution in [3.63, 3.8) is 0 Å². The summed E-state index contributed by atoms with van der Waals surface area (Å²) in [5, 5.41) is 15.5. The van der Waals surface area contributed by atoms with E-state index in [1.807, 2.05) is 54.6 Å². The first-order valence-corrected chi connectivity index (χ1v) is 13.7. The van der Waals surface area contributed by atoms with Gasteiger partial charge < -0.3 is 20.2 Å². The summed E-state index contributed by atoms with van der Waals surface area (Å²) in [6.45, 7) is 0. The number of hydrogen-bond acceptors (Lipinski definition) is 5. The van der Waals surface area contributed by atoms with E-state index >= 15 is 0 Å². The number of ketones is 1. The van der Waals surface area contributed by atoms with Gasteiger partial charge in [-0.3, -0.25) is 14.4 Å². The molecule has 5 rings (SSSR count). The van der Waals surface area contributed by atoms with Crippen molar-refractivity contribution in [2.24, 2.45) is 0 Å². The summed E-state index contributed by atoms with van der Waals surface area (Å²) in [7, 11) is 0. The molecule has 0 aliphatic heterocycles. The topological polar surface area (TPSA) is 109 Å². The Morgan fingerprint density at radius 2 is 1.49 bits per heavy atom. The highest BCUT2D eigenvalue weighted by Gasteiger charge is 2.21. The smallest absolute Gasteiger partial charge is 0.303 e. The van der Waals surface area contributed by atoms with Crippen LogP contribution in [0.3, 0.4) is 0 Å². The predicted molar refractivity (Wildman–Crippen MR) is 160 cm³/mol. The number of furan rings is 1. The minimum Gasteiger partial charge on any atom is -0.481 e. The van der Waals surface area contributed by atoms with E-state index < -0.39 is 29.6 Å². The number of halogens is 2. The Hall–Kier alpha value is -5.31. The minimum atomic E-state index is -0.957. The quantitative estimate of drug-likeness (QED) is 0.132. The van der Waals surface area contributed by atoms with Crippen molar-refractivity contribution in [3.8, 4) is 11.3 Å². The number of amides is 1. The number of fused-ring (bicyclic) bond motifs is 1. The number of nitrogens with one attached hydrogen (secondary N) is 2. The van der Waals surface area contributed by atoms with Gasteiger partial charge in [-0.2, -0.15) is 0 Å². The number of carboxylic acid groups (broad SMARTS) is 1. The second-order valence-electron chi connectivity index (χ2n) is 10.1. The number of carboxylic acids is 1. The first-order chi connectivity index (χ1) is 20.7. The van der Waals surface area contributed by atoms with E-state index in [-0.39, 0.29) is 37.2 Å². The summed E-state index contributed by atoms with van der Waals surface area (Å²) in [5.41, 5.74) is 3.43. The van der Waals surface area contributed by atoms with Gasteiger partial charge in [-0.15, -0.1) is 0 Å². The molecule has 1 amide bonds. The molecule has 1 atom stereocenters. The molecule has 3 N–H and O–H groups in total. The van der Waals surface area contributed by atoms with Crippen molar-refractivity contribution in [3.05, 3.63) is 120 Å². The van der Waals surface area contributed by atoms with Crippen molar-refractivity contribution >= 4 is 40.0 Å². The van der Waals surface area contributed by atoms with Gasteiger partial charge in [0.15, 0.2) is 5.78 Å². The molecular formula is C34H28F2N2O5. The highest BCUT2D eigenvalue weighted by molar-refractivity contribution is 5.98. The molecule has 5 aromatic rings. The maximum absolute atomic E-state index is 13.8. The predicted octanol–water partition coefficient (Wildman–Crippen LogP) is 7.48. The molecule has 0 saturated heterocycles. The van der Waals surface area contributed by atoms with Gasteiger partial charge in [0.25, 0.3) is 0 Å². The molecule has 0 saturated carbocycles. The summed E-state index contributed by atoms with van der Waals surface area (Å²) in [6, 6.07) is 25.7. The summed E-state index contributed by atoms with van der Waals surface area (Å²) in [6.07, 6.45) is 0.501. The Balaban J connectivity index is 1.33. The Morgan fingerprint density at radius 3 is 2.16 bits per heavy atom. The number of hydrogen-bond donors (Lipinski definition) is 3. The molecule has 0 aliphatic rings. The second kappa shape index (κ2) is 13.1. The van der Waals surface area contributed by atoms with Crippen LogP contribution in [0.15, 0.2) is 101 Å². The molecule has 0 unspecified atom stereocenters. The van der Waals surface area contributed by atoms with Gasteiger partial charge >= 0.3 is 5.97 Å². The molecule has 218 valence electrons. The first-order valence-electron chi connectivity index (χ1n) is 13.7. The lowest BCUT2D eigenvalue weighted by Gasteiger charge is -2.20. The van der Waals surface area contributed by atoms with Crippen LogP contribution < -0.4 is 10.6 Å². The van der Waals surface area contributed by atoms with Crippen LogP contribution in [0.4, 0.5) is 20.2 Å². The van der Waals surface area contributed by atoms with Crippen LogP contribution in [-0.2, 0) is 16.0 Å². The Labute approximate surface area is 246 Å². The van der Waals surface area contributed by atoms with Crippen molar-refractivity contribution in [2.75, 3.05) is 10.6 Å². The van der Waals surface area contributed by atoms with Crippen molar-refractivity contribution in [1.82, 2.24) is 0 Å². The molecule has 0 spiro atoms. The maximum Gasteiger partial charge on any atom is 0.303 e. The molecule has 7 nitrogen and oxygen atoms in total. The van der Waals surface area contributed by atoms with Crippen LogP contribution in [0.2, 0.25) is 0 Å². The fraction of sp³-hybridized carbons (Fsp3) is 0.147. The lowest BCUT2D eigenvalue weighted by molar-refractivity contribution is -0.137. The van der Waals surface area contributed by atoms with E-state index in [1.165, 1.54) is 0 Å². The van der Waals surface area contributed by atoms with E-state index in [4.69, 9.17) is 9.52 Å². The first kappa shape index (κ1) is 29.2. The lowest BCUT2D eigenvalue weighted by atomic mass is 10.0. The Bertz CT molecular complexity index is 1710. The fourth-order valence-electron chi connectivity index (χ4n) is 4.73. The molecule has 1 heterocycles. The zero-order chi connectivity index (χ0) is 30.3. The summed E-state index contributed by atoms with van der Waals surface area (Å²) < 4.78 is 33.5. The van der Waals surface area contributed by atoms with E-state index in [2.05, 4.69) is 10.6 Å². The molecular weight excluding hydrogens is 554 g/mol. The van der Waals surface area contributed by atoms with Gasteiger partial charge in [-0.25, -0.2) is 8.78 Å². The van der Waals surface area contributed by atoms with Crippen molar-refractivity contribution in [2.45, 2.75) is 31.7 Å².